The number of aromatic hydroxyl groups is 1. The number of aliphatic hydroxyl groups excluding tert-OH is 2. The van der Waals surface area contributed by atoms with Gasteiger partial charge in [-0.15, -0.1) is 0 Å². The van der Waals surface area contributed by atoms with Gasteiger partial charge in [0.25, 0.3) is 5.91 Å². The topological polar surface area (TPSA) is 165 Å². The van der Waals surface area contributed by atoms with Crippen molar-refractivity contribution in [1.29, 1.82) is 0 Å². The predicted octanol–water partition coefficient (Wildman–Crippen LogP) is 2.36. The van der Waals surface area contributed by atoms with E-state index >= 15 is 4.39 Å². The van der Waals surface area contributed by atoms with Crippen LogP contribution in [0.4, 0.5) is 4.39 Å². The van der Waals surface area contributed by atoms with E-state index < -0.39 is 69.6 Å². The molecule has 0 bridgehead atoms. The third-order valence-corrected chi connectivity index (χ3v) is 9.03. The summed E-state index contributed by atoms with van der Waals surface area (Å²) in [5.41, 5.74) is 1.50. The van der Waals surface area contributed by atoms with E-state index in [0.29, 0.717) is 5.92 Å². The third kappa shape index (κ3) is 4.81. The van der Waals surface area contributed by atoms with Crippen molar-refractivity contribution in [3.8, 4) is 5.75 Å². The SMILES string of the molecule is CN(C)[C@@H]1C(=O)C(C(N)=O)=C(O)[C@@]2(O)C(=O)C3=C(O)c4c(O)cc(CN(CC5CC5)CC(C)(C)C)c(F)c4C[C@H]3C[C@@H]12. The Bertz CT molecular complexity index is 1440. The molecule has 10 nitrogen and oxygen atoms in total. The van der Waals surface area contributed by atoms with Crippen molar-refractivity contribution < 1.29 is 39.2 Å². The first-order chi connectivity index (χ1) is 19.5. The average Bonchev–Trinajstić information content (AvgIpc) is 3.67. The molecular weight excluding hydrogens is 545 g/mol. The van der Waals surface area contributed by atoms with Crippen LogP contribution >= 0.6 is 0 Å². The highest BCUT2D eigenvalue weighted by Crippen LogP contribution is 2.53. The molecule has 4 aliphatic carbocycles. The molecule has 0 saturated heterocycles. The van der Waals surface area contributed by atoms with E-state index in [1.807, 2.05) is 0 Å². The summed E-state index contributed by atoms with van der Waals surface area (Å²) in [7, 11) is 3.06. The Morgan fingerprint density at radius 3 is 2.36 bits per heavy atom. The molecule has 0 spiro atoms. The number of fused-ring (bicyclic) bond motifs is 3. The van der Waals surface area contributed by atoms with E-state index in [9.17, 15) is 34.8 Å². The van der Waals surface area contributed by atoms with E-state index in [1.165, 1.54) is 25.1 Å². The number of ketones is 2. The van der Waals surface area contributed by atoms with Crippen molar-refractivity contribution in [2.45, 2.75) is 64.6 Å². The molecule has 4 atom stereocenters. The molecule has 0 heterocycles. The van der Waals surface area contributed by atoms with Gasteiger partial charge in [-0.1, -0.05) is 20.8 Å². The van der Waals surface area contributed by atoms with E-state index in [0.717, 1.165) is 25.9 Å². The first-order valence-electron chi connectivity index (χ1n) is 14.4. The molecule has 5 rings (SSSR count). The highest BCUT2D eigenvalue weighted by Gasteiger charge is 2.64. The van der Waals surface area contributed by atoms with Gasteiger partial charge in [-0.25, -0.2) is 4.39 Å². The average molecular weight is 586 g/mol. The van der Waals surface area contributed by atoms with Crippen LogP contribution < -0.4 is 5.73 Å². The molecule has 42 heavy (non-hydrogen) atoms. The van der Waals surface area contributed by atoms with Crippen LogP contribution in [-0.4, -0.2) is 86.5 Å². The van der Waals surface area contributed by atoms with Gasteiger partial charge in [0.1, 0.15) is 28.7 Å². The van der Waals surface area contributed by atoms with Crippen LogP contribution in [0.3, 0.4) is 0 Å². The van der Waals surface area contributed by atoms with Gasteiger partial charge in [0.15, 0.2) is 11.4 Å². The first-order valence-corrected chi connectivity index (χ1v) is 14.4. The normalized spacial score (nSPS) is 27.9. The Hall–Kier alpha value is -3.28. The summed E-state index contributed by atoms with van der Waals surface area (Å²) in [6.07, 6.45) is 2.09. The fourth-order valence-electron chi connectivity index (χ4n) is 7.22. The van der Waals surface area contributed by atoms with Crippen LogP contribution in [0, 0.1) is 29.0 Å². The van der Waals surface area contributed by atoms with Crippen molar-refractivity contribution in [2.24, 2.45) is 28.9 Å². The number of amides is 1. The number of hydrogen-bond donors (Lipinski definition) is 5. The number of aliphatic hydroxyl groups is 3. The first kappa shape index (κ1) is 30.2. The highest BCUT2D eigenvalue weighted by atomic mass is 19.1. The Morgan fingerprint density at radius 2 is 1.81 bits per heavy atom. The smallest absolute Gasteiger partial charge is 0.255 e. The van der Waals surface area contributed by atoms with E-state index in [-0.39, 0.29) is 47.1 Å². The number of phenolic OH excluding ortho intramolecular Hbond substituents is 1. The van der Waals surface area contributed by atoms with Gasteiger partial charge in [-0.2, -0.15) is 0 Å². The molecular formula is C31H40FN3O7. The zero-order valence-corrected chi connectivity index (χ0v) is 24.7. The van der Waals surface area contributed by atoms with Crippen LogP contribution in [0.2, 0.25) is 0 Å². The van der Waals surface area contributed by atoms with Gasteiger partial charge in [-0.05, 0) is 63.1 Å². The van der Waals surface area contributed by atoms with E-state index in [4.69, 9.17) is 5.73 Å². The van der Waals surface area contributed by atoms with Crippen LogP contribution in [0.1, 0.15) is 56.7 Å². The highest BCUT2D eigenvalue weighted by molar-refractivity contribution is 6.24. The number of halogens is 1. The number of carbonyl (C=O) groups is 3. The van der Waals surface area contributed by atoms with Crippen molar-refractivity contribution in [2.75, 3.05) is 27.2 Å². The molecule has 2 saturated carbocycles. The van der Waals surface area contributed by atoms with Gasteiger partial charge in [-0.3, -0.25) is 24.2 Å². The van der Waals surface area contributed by atoms with Gasteiger partial charge < -0.3 is 26.2 Å². The van der Waals surface area contributed by atoms with Crippen LogP contribution in [0.15, 0.2) is 23.0 Å². The molecule has 6 N–H and O–H groups in total. The number of likely N-dealkylation sites (N-methyl/N-ethyl adjacent to an activating group) is 1. The minimum absolute atomic E-state index is 0.0361. The molecule has 0 aromatic heterocycles. The molecule has 1 aromatic carbocycles. The summed E-state index contributed by atoms with van der Waals surface area (Å²) in [4.78, 5) is 42.9. The molecule has 0 radical (unpaired) electrons. The lowest BCUT2D eigenvalue weighted by molar-refractivity contribution is -0.153. The Balaban J connectivity index is 1.60. The van der Waals surface area contributed by atoms with Gasteiger partial charge in [0, 0.05) is 42.3 Å². The van der Waals surface area contributed by atoms with Crippen molar-refractivity contribution in [3.63, 3.8) is 0 Å². The van der Waals surface area contributed by atoms with E-state index in [1.54, 1.807) is 0 Å². The molecule has 1 aromatic rings. The minimum atomic E-state index is -2.73. The second kappa shape index (κ2) is 10.2. The van der Waals surface area contributed by atoms with Crippen LogP contribution in [0.5, 0.6) is 5.75 Å². The standard InChI is InChI=1S/C31H40FN3O7/c1-30(2,3)13-35(11-14-6-7-14)12-16-10-19(36)21-17(23(16)32)8-15-9-18-24(34(4)5)26(38)22(29(33)41)28(40)31(18,42)27(39)20(15)25(21)37/h10,14-15,18,24,36-37,40,42H,6-9,11-13H2,1-5H3,(H2,33,41)/t15-,18-,24-,31-/m0/s1. The number of Topliss-reactive ketones (excluding diaryl/α,β-unsaturated/α-hetero) is 2. The maximum absolute atomic E-state index is 16.2. The number of nitrogens with two attached hydrogens (primary N) is 1. The summed E-state index contributed by atoms with van der Waals surface area (Å²) < 4.78 is 16.2. The second-order valence-electron chi connectivity index (χ2n) is 13.9. The number of nitrogens with zero attached hydrogens (tertiary/aromatic N) is 2. The summed E-state index contributed by atoms with van der Waals surface area (Å²) >= 11 is 0. The van der Waals surface area contributed by atoms with Crippen molar-refractivity contribution in [3.05, 3.63) is 45.5 Å². The van der Waals surface area contributed by atoms with Gasteiger partial charge >= 0.3 is 0 Å². The quantitative estimate of drug-likeness (QED) is 0.302. The largest absolute Gasteiger partial charge is 0.508 e. The van der Waals surface area contributed by atoms with E-state index in [2.05, 4.69) is 25.7 Å². The monoisotopic (exact) mass is 585 g/mol. The number of rotatable bonds is 7. The number of carbonyl (C=O) groups excluding carboxylic acids is 3. The molecule has 11 heteroatoms. The number of hydrogen-bond acceptors (Lipinski definition) is 9. The van der Waals surface area contributed by atoms with Gasteiger partial charge in [0.2, 0.25) is 5.78 Å². The van der Waals surface area contributed by atoms with Gasteiger partial charge in [0.05, 0.1) is 11.6 Å². The van der Waals surface area contributed by atoms with Crippen LogP contribution in [0.25, 0.3) is 5.76 Å². The minimum Gasteiger partial charge on any atom is -0.508 e. The maximum atomic E-state index is 16.2. The third-order valence-electron chi connectivity index (χ3n) is 9.03. The summed E-state index contributed by atoms with van der Waals surface area (Å²) in [6.45, 7) is 8.11. The molecule has 4 aliphatic rings. The summed E-state index contributed by atoms with van der Waals surface area (Å²) in [6, 6.07) is 0.0724. The Morgan fingerprint density at radius 1 is 1.17 bits per heavy atom. The van der Waals surface area contributed by atoms with Crippen molar-refractivity contribution >= 4 is 23.2 Å². The molecule has 228 valence electrons. The zero-order valence-electron chi connectivity index (χ0n) is 24.7. The fraction of sp³-hybridized carbons (Fsp3) is 0.581. The summed E-state index contributed by atoms with van der Waals surface area (Å²) in [5, 5.41) is 45.0. The van der Waals surface area contributed by atoms with Crippen LogP contribution in [-0.2, 0) is 27.3 Å². The molecule has 2 fully saturated rings. The number of phenols is 1. The molecule has 0 aliphatic heterocycles. The lowest BCUT2D eigenvalue weighted by atomic mass is 9.57. The molecule has 1 amide bonds. The number of benzene rings is 1. The second-order valence-corrected chi connectivity index (χ2v) is 13.9. The predicted molar refractivity (Wildman–Crippen MR) is 152 cm³/mol. The number of primary amides is 1. The summed E-state index contributed by atoms with van der Waals surface area (Å²) in [5.74, 6) is -7.56. The molecule has 0 unspecified atom stereocenters. The zero-order chi connectivity index (χ0) is 31.0. The maximum Gasteiger partial charge on any atom is 0.255 e. The lowest BCUT2D eigenvalue weighted by Gasteiger charge is -2.50. The Kier molecular flexibility index (Phi) is 7.31. The fourth-order valence-corrected chi connectivity index (χ4v) is 7.22. The Labute approximate surface area is 244 Å². The lowest BCUT2D eigenvalue weighted by Crippen LogP contribution is -2.65. The van der Waals surface area contributed by atoms with Crippen molar-refractivity contribution in [1.82, 2.24) is 9.80 Å².